The molecular weight excluding hydrogens is 586 g/mol. The van der Waals surface area contributed by atoms with Crippen molar-refractivity contribution in [2.75, 3.05) is 105 Å². The van der Waals surface area contributed by atoms with Gasteiger partial charge in [-0.25, -0.2) is 8.42 Å². The molecule has 0 saturated carbocycles. The van der Waals surface area contributed by atoms with Gasteiger partial charge in [-0.2, -0.15) is 0 Å². The molecule has 0 aromatic rings. The second kappa shape index (κ2) is 32.6. The first-order valence-corrected chi connectivity index (χ1v) is 19.2. The van der Waals surface area contributed by atoms with Crippen LogP contribution in [0, 0.1) is 0 Å². The molecule has 0 rings (SSSR count). The normalized spacial score (nSPS) is 13.5. The van der Waals surface area contributed by atoms with Gasteiger partial charge in [0.05, 0.1) is 89.3 Å². The predicted octanol–water partition coefficient (Wildman–Crippen LogP) is 5.32. The summed E-state index contributed by atoms with van der Waals surface area (Å²) in [4.78, 5) is 0. The Labute approximate surface area is 270 Å². The highest BCUT2D eigenvalue weighted by Gasteiger charge is 2.26. The van der Waals surface area contributed by atoms with Gasteiger partial charge in [0, 0.05) is 12.9 Å². The Hall–Kier alpha value is -0.370. The van der Waals surface area contributed by atoms with Crippen molar-refractivity contribution in [3.8, 4) is 0 Å². The number of aliphatic hydroxyl groups is 1. The van der Waals surface area contributed by atoms with Crippen LogP contribution in [-0.2, 0) is 33.8 Å². The van der Waals surface area contributed by atoms with Crippen LogP contribution in [0.25, 0.3) is 0 Å². The van der Waals surface area contributed by atoms with Gasteiger partial charge in [-0.05, 0) is 25.7 Å². The van der Waals surface area contributed by atoms with Crippen molar-refractivity contribution < 1.29 is 46.2 Å². The summed E-state index contributed by atoms with van der Waals surface area (Å²) in [5.74, 6) is -0.302. The third-order valence-electron chi connectivity index (χ3n) is 8.09. The van der Waals surface area contributed by atoms with E-state index in [-0.39, 0.29) is 12.4 Å². The molecule has 0 aromatic carbocycles. The minimum Gasteiger partial charge on any atom is -0.748 e. The summed E-state index contributed by atoms with van der Waals surface area (Å²) in [5, 5.41) is 8.67. The van der Waals surface area contributed by atoms with Gasteiger partial charge in [0.2, 0.25) is 0 Å². The number of hydrogen-bond donors (Lipinski definition) is 1. The van der Waals surface area contributed by atoms with E-state index < -0.39 is 10.1 Å². The SMILES string of the molecule is CCCCCCCCCCCCCCCC[N+](CCCCS(=O)(=O)[O-])(CCOC)CCOCCOCCOCCOCCO. The molecule has 11 heteroatoms. The third-order valence-corrected chi connectivity index (χ3v) is 8.88. The van der Waals surface area contributed by atoms with Crippen LogP contribution in [0.15, 0.2) is 0 Å². The van der Waals surface area contributed by atoms with Gasteiger partial charge in [-0.3, -0.25) is 0 Å². The lowest BCUT2D eigenvalue weighted by Crippen LogP contribution is -2.53. The van der Waals surface area contributed by atoms with E-state index in [1.165, 1.54) is 83.5 Å². The van der Waals surface area contributed by atoms with E-state index in [4.69, 9.17) is 28.8 Å². The molecule has 0 saturated heterocycles. The molecule has 0 aromatic heterocycles. The largest absolute Gasteiger partial charge is 0.748 e. The number of methoxy groups -OCH3 is 1. The van der Waals surface area contributed by atoms with Crippen molar-refractivity contribution in [3.63, 3.8) is 0 Å². The summed E-state index contributed by atoms with van der Waals surface area (Å²) in [6.45, 7) is 10.2. The second-order valence-corrected chi connectivity index (χ2v) is 13.5. The lowest BCUT2D eigenvalue weighted by molar-refractivity contribution is -0.929. The molecule has 0 fully saturated rings. The van der Waals surface area contributed by atoms with Gasteiger partial charge >= 0.3 is 0 Å². The number of nitrogens with zero attached hydrogens (tertiary/aromatic N) is 1. The summed E-state index contributed by atoms with van der Waals surface area (Å²) >= 11 is 0. The molecular formula is C33H69NO9S. The minimum atomic E-state index is -4.19. The smallest absolute Gasteiger partial charge is 0.102 e. The second-order valence-electron chi connectivity index (χ2n) is 12.0. The van der Waals surface area contributed by atoms with Crippen LogP contribution < -0.4 is 0 Å². The van der Waals surface area contributed by atoms with Gasteiger partial charge in [-0.15, -0.1) is 0 Å². The molecule has 44 heavy (non-hydrogen) atoms. The molecule has 266 valence electrons. The Morgan fingerprint density at radius 2 is 0.909 bits per heavy atom. The Morgan fingerprint density at radius 1 is 0.523 bits per heavy atom. The molecule has 1 N–H and O–H groups in total. The van der Waals surface area contributed by atoms with Crippen LogP contribution >= 0.6 is 0 Å². The van der Waals surface area contributed by atoms with Gasteiger partial charge in [0.1, 0.15) is 13.1 Å². The fourth-order valence-corrected chi connectivity index (χ4v) is 5.97. The summed E-state index contributed by atoms with van der Waals surface area (Å²) in [6, 6.07) is 0. The maximum Gasteiger partial charge on any atom is 0.102 e. The lowest BCUT2D eigenvalue weighted by Gasteiger charge is -2.39. The van der Waals surface area contributed by atoms with E-state index in [1.807, 2.05) is 0 Å². The standard InChI is InChI=1S/C33H69NO9S/c1-3-4-5-6-7-8-9-10-11-12-13-14-15-16-19-34(21-24-39-2,20-17-18-33-44(36,37)38)22-25-40-27-29-42-31-32-43-30-28-41-26-23-35/h35H,3-33H2,1-2H3. The van der Waals surface area contributed by atoms with Crippen molar-refractivity contribution in [1.29, 1.82) is 0 Å². The van der Waals surface area contributed by atoms with Gasteiger partial charge in [0.25, 0.3) is 0 Å². The van der Waals surface area contributed by atoms with E-state index in [1.54, 1.807) is 7.11 Å². The first-order valence-electron chi connectivity index (χ1n) is 17.6. The van der Waals surface area contributed by atoms with Crippen molar-refractivity contribution in [3.05, 3.63) is 0 Å². The van der Waals surface area contributed by atoms with E-state index >= 15 is 0 Å². The fourth-order valence-electron chi connectivity index (χ4n) is 5.41. The van der Waals surface area contributed by atoms with Crippen LogP contribution in [0.2, 0.25) is 0 Å². The Bertz CT molecular complexity index is 684. The number of rotatable bonds is 37. The van der Waals surface area contributed by atoms with Gasteiger partial charge in [-0.1, -0.05) is 84.0 Å². The van der Waals surface area contributed by atoms with Gasteiger partial charge in [0.15, 0.2) is 0 Å². The van der Waals surface area contributed by atoms with Crippen molar-refractivity contribution in [2.45, 2.75) is 110 Å². The van der Waals surface area contributed by atoms with Gasteiger partial charge < -0.3 is 37.8 Å². The Balaban J connectivity index is 4.36. The number of hydrogen-bond acceptors (Lipinski definition) is 9. The van der Waals surface area contributed by atoms with Crippen molar-refractivity contribution in [2.24, 2.45) is 0 Å². The van der Waals surface area contributed by atoms with Crippen LogP contribution in [0.5, 0.6) is 0 Å². The average Bonchev–Trinajstić information content (AvgIpc) is 3.00. The summed E-state index contributed by atoms with van der Waals surface area (Å²) in [5.41, 5.74) is 0. The van der Waals surface area contributed by atoms with E-state index in [0.717, 1.165) is 37.1 Å². The predicted molar refractivity (Wildman–Crippen MR) is 176 cm³/mol. The van der Waals surface area contributed by atoms with Crippen molar-refractivity contribution >= 4 is 10.1 Å². The topological polar surface area (TPSA) is 124 Å². The number of unbranched alkanes of at least 4 members (excludes halogenated alkanes) is 14. The zero-order chi connectivity index (χ0) is 32.5. The van der Waals surface area contributed by atoms with Crippen LogP contribution in [0.4, 0.5) is 0 Å². The highest BCUT2D eigenvalue weighted by atomic mass is 32.2. The van der Waals surface area contributed by atoms with E-state index in [2.05, 4.69) is 6.92 Å². The Morgan fingerprint density at radius 3 is 1.34 bits per heavy atom. The summed E-state index contributed by atoms with van der Waals surface area (Å²) in [7, 11) is -2.47. The zero-order valence-corrected chi connectivity index (χ0v) is 29.3. The van der Waals surface area contributed by atoms with Crippen LogP contribution in [-0.4, -0.2) is 128 Å². The lowest BCUT2D eigenvalue weighted by atomic mass is 10.0. The Kier molecular flexibility index (Phi) is 32.3. The number of quaternary nitrogens is 1. The van der Waals surface area contributed by atoms with Crippen LogP contribution in [0.3, 0.4) is 0 Å². The summed E-state index contributed by atoms with van der Waals surface area (Å²) < 4.78 is 61.7. The molecule has 1 atom stereocenters. The molecule has 0 radical (unpaired) electrons. The number of aliphatic hydroxyl groups excluding tert-OH is 1. The molecule has 0 bridgehead atoms. The number of ether oxygens (including phenoxy) is 5. The molecule has 0 aliphatic heterocycles. The first kappa shape index (κ1) is 43.6. The van der Waals surface area contributed by atoms with Crippen LogP contribution in [0.1, 0.15) is 110 Å². The monoisotopic (exact) mass is 655 g/mol. The third kappa shape index (κ3) is 31.6. The van der Waals surface area contributed by atoms with E-state index in [0.29, 0.717) is 72.3 Å². The molecule has 0 heterocycles. The molecule has 0 spiro atoms. The molecule has 0 aliphatic rings. The van der Waals surface area contributed by atoms with E-state index in [9.17, 15) is 13.0 Å². The molecule has 0 amide bonds. The maximum atomic E-state index is 11.1. The zero-order valence-electron chi connectivity index (χ0n) is 28.5. The molecule has 10 nitrogen and oxygen atoms in total. The quantitative estimate of drug-likeness (QED) is 0.0539. The maximum absolute atomic E-state index is 11.1. The highest BCUT2D eigenvalue weighted by molar-refractivity contribution is 7.85. The summed E-state index contributed by atoms with van der Waals surface area (Å²) in [6.07, 6.45) is 19.6. The fraction of sp³-hybridized carbons (Fsp3) is 1.00. The highest BCUT2D eigenvalue weighted by Crippen LogP contribution is 2.16. The average molecular weight is 656 g/mol. The molecule has 0 aliphatic carbocycles. The first-order chi connectivity index (χ1) is 21.4. The molecule has 1 unspecified atom stereocenters. The minimum absolute atomic E-state index is 0.0146. The van der Waals surface area contributed by atoms with Crippen molar-refractivity contribution in [1.82, 2.24) is 0 Å².